The van der Waals surface area contributed by atoms with Gasteiger partial charge in [0.1, 0.15) is 0 Å². The van der Waals surface area contributed by atoms with Crippen LogP contribution in [0, 0.1) is 2.88 Å². The van der Waals surface area contributed by atoms with Gasteiger partial charge in [-0.3, -0.25) is 11.3 Å². The van der Waals surface area contributed by atoms with Crippen molar-refractivity contribution in [2.24, 2.45) is 5.84 Å². The van der Waals surface area contributed by atoms with Crippen LogP contribution in [0.3, 0.4) is 0 Å². The molecule has 0 amide bonds. The summed E-state index contributed by atoms with van der Waals surface area (Å²) in [5, 5.41) is 2.21. The van der Waals surface area contributed by atoms with Gasteiger partial charge in [-0.1, -0.05) is 24.3 Å². The van der Waals surface area contributed by atoms with Gasteiger partial charge in [-0.05, 0) is 69.5 Å². The van der Waals surface area contributed by atoms with Crippen LogP contribution in [0.5, 0.6) is 0 Å². The van der Waals surface area contributed by atoms with Crippen molar-refractivity contribution in [3.63, 3.8) is 0 Å². The average Bonchev–Trinajstić information content (AvgIpc) is 2.77. The quantitative estimate of drug-likeness (QED) is 0.491. The molecule has 0 saturated carbocycles. The largest absolute Gasteiger partial charge is 0.271 e. The number of hydrogen-bond acceptors (Lipinski definition) is 3. The van der Waals surface area contributed by atoms with E-state index in [1.165, 1.54) is 26.0 Å². The van der Waals surface area contributed by atoms with Crippen molar-refractivity contribution < 1.29 is 0 Å². The van der Waals surface area contributed by atoms with Gasteiger partial charge in [-0.15, -0.1) is 11.3 Å². The van der Waals surface area contributed by atoms with Crippen LogP contribution in [-0.2, 0) is 6.42 Å². The maximum absolute atomic E-state index is 5.71. The molecular weight excluding hydrogens is 355 g/mol. The molecule has 3 N–H and O–H groups in total. The second-order valence-electron chi connectivity index (χ2n) is 4.74. The summed E-state index contributed by atoms with van der Waals surface area (Å²) >= 11 is 4.13. The predicted octanol–water partition coefficient (Wildman–Crippen LogP) is 3.59. The lowest BCUT2D eigenvalue weighted by atomic mass is 9.74. The van der Waals surface area contributed by atoms with E-state index in [9.17, 15) is 0 Å². The number of halogens is 1. The molecule has 2 aromatic rings. The Balaban J connectivity index is 1.73. The van der Waals surface area contributed by atoms with Crippen molar-refractivity contribution in [3.05, 3.63) is 55.3 Å². The number of benzene rings is 1. The molecule has 0 radical (unpaired) electrons. The summed E-state index contributed by atoms with van der Waals surface area (Å²) in [4.78, 5) is 0. The summed E-state index contributed by atoms with van der Waals surface area (Å²) in [6.07, 6.45) is 2.27. The van der Waals surface area contributed by atoms with Gasteiger partial charge in [0, 0.05) is 6.04 Å². The first-order valence-electron chi connectivity index (χ1n) is 6.06. The second kappa shape index (κ2) is 5.28. The van der Waals surface area contributed by atoms with Crippen LogP contribution in [0.4, 0.5) is 0 Å². The number of hydrogen-bond donors (Lipinski definition) is 2. The molecule has 94 valence electrons. The first-order valence-corrected chi connectivity index (χ1v) is 8.01. The third-order valence-corrected chi connectivity index (χ3v) is 5.48. The fourth-order valence-electron chi connectivity index (χ4n) is 2.66. The first kappa shape index (κ1) is 12.6. The van der Waals surface area contributed by atoms with Crippen molar-refractivity contribution in [1.82, 2.24) is 5.43 Å². The fraction of sp³-hybridized carbons (Fsp3) is 0.286. The van der Waals surface area contributed by atoms with Crippen LogP contribution in [0.1, 0.15) is 35.1 Å². The Labute approximate surface area is 125 Å². The molecule has 1 aromatic heterocycles. The molecule has 18 heavy (non-hydrogen) atoms. The van der Waals surface area contributed by atoms with Crippen molar-refractivity contribution in [1.29, 1.82) is 0 Å². The van der Waals surface area contributed by atoms with Crippen LogP contribution >= 0.6 is 33.9 Å². The number of rotatable bonds is 4. The van der Waals surface area contributed by atoms with Crippen LogP contribution in [-0.4, -0.2) is 0 Å². The Morgan fingerprint density at radius 1 is 1.44 bits per heavy atom. The SMILES string of the molecule is NNC(CC1Cc2ccccc21)c1csc(I)c1. The van der Waals surface area contributed by atoms with E-state index in [0.29, 0.717) is 5.92 Å². The molecule has 0 saturated heterocycles. The first-order chi connectivity index (χ1) is 8.78. The minimum atomic E-state index is 0.267. The summed E-state index contributed by atoms with van der Waals surface area (Å²) in [5.74, 6) is 6.37. The highest BCUT2D eigenvalue weighted by Crippen LogP contribution is 2.41. The van der Waals surface area contributed by atoms with Crippen molar-refractivity contribution >= 4 is 33.9 Å². The lowest BCUT2D eigenvalue weighted by Gasteiger charge is -2.32. The topological polar surface area (TPSA) is 38.0 Å². The van der Waals surface area contributed by atoms with Crippen molar-refractivity contribution in [2.75, 3.05) is 0 Å². The molecule has 2 nitrogen and oxygen atoms in total. The molecule has 4 heteroatoms. The van der Waals surface area contributed by atoms with E-state index >= 15 is 0 Å². The Bertz CT molecular complexity index is 552. The van der Waals surface area contributed by atoms with Crippen LogP contribution in [0.25, 0.3) is 0 Å². The number of thiophene rings is 1. The zero-order chi connectivity index (χ0) is 12.5. The zero-order valence-corrected chi connectivity index (χ0v) is 12.9. The van der Waals surface area contributed by atoms with E-state index < -0.39 is 0 Å². The minimum Gasteiger partial charge on any atom is -0.271 e. The number of fused-ring (bicyclic) bond motifs is 1. The third kappa shape index (κ3) is 2.34. The standard InChI is InChI=1S/C14H15IN2S/c15-14-7-11(8-18-14)13(17-16)6-10-5-9-3-1-2-4-12(9)10/h1-4,7-8,10,13,17H,5-6,16H2. The molecule has 1 aromatic carbocycles. The summed E-state index contributed by atoms with van der Waals surface area (Å²) in [6.45, 7) is 0. The molecule has 2 atom stereocenters. The molecular formula is C14H15IN2S. The van der Waals surface area contributed by atoms with E-state index in [0.717, 1.165) is 6.42 Å². The highest BCUT2D eigenvalue weighted by Gasteiger charge is 2.28. The molecule has 0 fully saturated rings. The van der Waals surface area contributed by atoms with E-state index in [2.05, 4.69) is 63.7 Å². The van der Waals surface area contributed by atoms with Gasteiger partial charge < -0.3 is 0 Å². The van der Waals surface area contributed by atoms with Gasteiger partial charge in [0.2, 0.25) is 0 Å². The van der Waals surface area contributed by atoms with E-state index in [1.54, 1.807) is 11.3 Å². The molecule has 0 bridgehead atoms. The normalized spacial score (nSPS) is 19.1. The zero-order valence-electron chi connectivity index (χ0n) is 9.90. The molecule has 3 rings (SSSR count). The Kier molecular flexibility index (Phi) is 3.70. The second-order valence-corrected chi connectivity index (χ2v) is 7.54. The molecule has 1 heterocycles. The lowest BCUT2D eigenvalue weighted by Crippen LogP contribution is -2.31. The summed E-state index contributed by atoms with van der Waals surface area (Å²) in [7, 11) is 0. The number of nitrogens with two attached hydrogens (primary N) is 1. The smallest absolute Gasteiger partial charge is 0.0656 e. The van der Waals surface area contributed by atoms with E-state index in [4.69, 9.17) is 5.84 Å². The van der Waals surface area contributed by atoms with E-state index in [-0.39, 0.29) is 6.04 Å². The highest BCUT2D eigenvalue weighted by molar-refractivity contribution is 14.1. The average molecular weight is 370 g/mol. The number of nitrogens with one attached hydrogen (secondary N) is 1. The molecule has 0 spiro atoms. The third-order valence-electron chi connectivity index (χ3n) is 3.67. The highest BCUT2D eigenvalue weighted by atomic mass is 127. The lowest BCUT2D eigenvalue weighted by molar-refractivity contribution is 0.436. The Morgan fingerprint density at radius 2 is 2.28 bits per heavy atom. The summed E-state index contributed by atoms with van der Waals surface area (Å²) in [6, 6.07) is 11.2. The van der Waals surface area contributed by atoms with Gasteiger partial charge in [-0.25, -0.2) is 0 Å². The van der Waals surface area contributed by atoms with Gasteiger partial charge in [-0.2, -0.15) is 0 Å². The molecule has 0 aliphatic heterocycles. The van der Waals surface area contributed by atoms with Crippen LogP contribution in [0.15, 0.2) is 35.7 Å². The monoisotopic (exact) mass is 370 g/mol. The summed E-state index contributed by atoms with van der Waals surface area (Å²) < 4.78 is 1.32. The predicted molar refractivity (Wildman–Crippen MR) is 84.6 cm³/mol. The van der Waals surface area contributed by atoms with Gasteiger partial charge >= 0.3 is 0 Å². The maximum atomic E-state index is 5.71. The van der Waals surface area contributed by atoms with Crippen LogP contribution in [0.2, 0.25) is 0 Å². The van der Waals surface area contributed by atoms with E-state index in [1.807, 2.05) is 0 Å². The number of hydrazine groups is 1. The van der Waals surface area contributed by atoms with Crippen molar-refractivity contribution in [3.8, 4) is 0 Å². The van der Waals surface area contributed by atoms with Crippen LogP contribution < -0.4 is 11.3 Å². The van der Waals surface area contributed by atoms with Gasteiger partial charge in [0.15, 0.2) is 0 Å². The summed E-state index contributed by atoms with van der Waals surface area (Å²) in [5.41, 5.74) is 7.28. The fourth-order valence-corrected chi connectivity index (χ4v) is 4.09. The maximum Gasteiger partial charge on any atom is 0.0656 e. The molecule has 2 unspecified atom stereocenters. The molecule has 1 aliphatic rings. The van der Waals surface area contributed by atoms with Gasteiger partial charge in [0.05, 0.1) is 2.88 Å². The molecule has 1 aliphatic carbocycles. The van der Waals surface area contributed by atoms with Gasteiger partial charge in [0.25, 0.3) is 0 Å². The Morgan fingerprint density at radius 3 is 2.94 bits per heavy atom. The Hall–Kier alpha value is -0.430. The minimum absolute atomic E-state index is 0.267. The van der Waals surface area contributed by atoms with Crippen molar-refractivity contribution in [2.45, 2.75) is 24.8 Å².